The number of hydrogen-bond acceptors (Lipinski definition) is 6. The monoisotopic (exact) mass is 400 g/mol. The zero-order valence-electron chi connectivity index (χ0n) is 16.4. The third kappa shape index (κ3) is 6.64. The Morgan fingerprint density at radius 2 is 1.48 bits per heavy atom. The Bertz CT molecular complexity index is 823. The first kappa shape index (κ1) is 21.9. The van der Waals surface area contributed by atoms with Crippen LogP contribution in [0.4, 0.5) is 0 Å². The molecule has 29 heavy (non-hydrogen) atoms. The SMILES string of the molecule is COc1cc(OC)cc(C(OC(=O)CCCCC(=O)O)C(=O)c2ccccc2)c1. The van der Waals surface area contributed by atoms with Crippen molar-refractivity contribution in [2.24, 2.45) is 0 Å². The van der Waals surface area contributed by atoms with Gasteiger partial charge in [-0.3, -0.25) is 14.4 Å². The predicted molar refractivity (Wildman–Crippen MR) is 105 cm³/mol. The summed E-state index contributed by atoms with van der Waals surface area (Å²) in [7, 11) is 2.97. The van der Waals surface area contributed by atoms with Gasteiger partial charge in [-0.1, -0.05) is 30.3 Å². The van der Waals surface area contributed by atoms with Gasteiger partial charge in [-0.25, -0.2) is 0 Å². The molecule has 154 valence electrons. The van der Waals surface area contributed by atoms with Gasteiger partial charge in [0.1, 0.15) is 11.5 Å². The van der Waals surface area contributed by atoms with Crippen LogP contribution in [-0.4, -0.2) is 37.0 Å². The fourth-order valence-electron chi connectivity index (χ4n) is 2.74. The van der Waals surface area contributed by atoms with Gasteiger partial charge in [0.15, 0.2) is 6.10 Å². The quantitative estimate of drug-likeness (QED) is 0.348. The third-order valence-electron chi connectivity index (χ3n) is 4.24. The van der Waals surface area contributed by atoms with Crippen molar-refractivity contribution in [3.63, 3.8) is 0 Å². The molecule has 1 unspecified atom stereocenters. The van der Waals surface area contributed by atoms with Crippen LogP contribution in [0.5, 0.6) is 11.5 Å². The summed E-state index contributed by atoms with van der Waals surface area (Å²) in [5, 5.41) is 8.69. The van der Waals surface area contributed by atoms with Crippen molar-refractivity contribution in [3.05, 3.63) is 59.7 Å². The smallest absolute Gasteiger partial charge is 0.306 e. The van der Waals surface area contributed by atoms with E-state index in [1.807, 2.05) is 0 Å². The minimum Gasteiger partial charge on any atom is -0.497 e. The zero-order valence-corrected chi connectivity index (χ0v) is 16.4. The van der Waals surface area contributed by atoms with E-state index in [2.05, 4.69) is 0 Å². The van der Waals surface area contributed by atoms with Gasteiger partial charge in [-0.2, -0.15) is 0 Å². The molecule has 0 aliphatic carbocycles. The van der Waals surface area contributed by atoms with Gasteiger partial charge in [-0.15, -0.1) is 0 Å². The van der Waals surface area contributed by atoms with Crippen molar-refractivity contribution >= 4 is 17.7 Å². The summed E-state index contributed by atoms with van der Waals surface area (Å²) in [5.41, 5.74) is 0.826. The lowest BCUT2D eigenvalue weighted by molar-refractivity contribution is -0.147. The molecule has 0 saturated carbocycles. The zero-order chi connectivity index (χ0) is 21.2. The van der Waals surface area contributed by atoms with Crippen LogP contribution in [0, 0.1) is 0 Å². The normalized spacial score (nSPS) is 11.4. The van der Waals surface area contributed by atoms with Gasteiger partial charge in [0.2, 0.25) is 5.78 Å². The van der Waals surface area contributed by atoms with E-state index in [4.69, 9.17) is 19.3 Å². The van der Waals surface area contributed by atoms with Crippen LogP contribution < -0.4 is 9.47 Å². The molecule has 0 bridgehead atoms. The van der Waals surface area contributed by atoms with Crippen molar-refractivity contribution in [2.45, 2.75) is 31.8 Å². The van der Waals surface area contributed by atoms with Crippen molar-refractivity contribution in [3.8, 4) is 11.5 Å². The fourth-order valence-corrected chi connectivity index (χ4v) is 2.74. The standard InChI is InChI=1S/C22H24O7/c1-27-17-12-16(13-18(14-17)28-2)22(21(26)15-8-4-3-5-9-15)29-20(25)11-7-6-10-19(23)24/h3-5,8-9,12-14,22H,6-7,10-11H2,1-2H3,(H,23,24). The summed E-state index contributed by atoms with van der Waals surface area (Å²) in [6, 6.07) is 13.4. The Kier molecular flexibility index (Phi) is 8.21. The Balaban J connectivity index is 2.26. The van der Waals surface area contributed by atoms with E-state index in [1.54, 1.807) is 48.5 Å². The second-order valence-corrected chi connectivity index (χ2v) is 6.35. The molecule has 0 spiro atoms. The number of esters is 1. The van der Waals surface area contributed by atoms with Crippen LogP contribution in [-0.2, 0) is 14.3 Å². The molecule has 0 aliphatic heterocycles. The molecular formula is C22H24O7. The fraction of sp³-hybridized carbons (Fsp3) is 0.318. The average Bonchev–Trinajstić information content (AvgIpc) is 2.74. The number of ketones is 1. The highest BCUT2D eigenvalue weighted by molar-refractivity contribution is 6.01. The molecule has 2 aromatic rings. The molecule has 1 atom stereocenters. The van der Waals surface area contributed by atoms with Crippen LogP contribution in [0.3, 0.4) is 0 Å². The summed E-state index contributed by atoms with van der Waals surface area (Å²) in [6.07, 6.45) is -0.457. The summed E-state index contributed by atoms with van der Waals surface area (Å²) in [6.45, 7) is 0. The van der Waals surface area contributed by atoms with E-state index in [1.165, 1.54) is 14.2 Å². The number of rotatable bonds is 11. The van der Waals surface area contributed by atoms with Crippen LogP contribution >= 0.6 is 0 Å². The number of ether oxygens (including phenoxy) is 3. The van der Waals surface area contributed by atoms with E-state index in [9.17, 15) is 14.4 Å². The Morgan fingerprint density at radius 1 is 0.897 bits per heavy atom. The maximum absolute atomic E-state index is 13.1. The van der Waals surface area contributed by atoms with Crippen LogP contribution in [0.1, 0.15) is 47.7 Å². The molecule has 2 aromatic carbocycles. The first-order chi connectivity index (χ1) is 13.9. The van der Waals surface area contributed by atoms with Crippen molar-refractivity contribution in [1.82, 2.24) is 0 Å². The molecule has 0 fully saturated rings. The molecule has 7 nitrogen and oxygen atoms in total. The minimum absolute atomic E-state index is 0.0208. The lowest BCUT2D eigenvalue weighted by atomic mass is 9.99. The maximum Gasteiger partial charge on any atom is 0.306 e. The van der Waals surface area contributed by atoms with Crippen molar-refractivity contribution < 1.29 is 33.7 Å². The number of benzene rings is 2. The first-order valence-electron chi connectivity index (χ1n) is 9.18. The lowest BCUT2D eigenvalue weighted by Gasteiger charge is -2.19. The number of methoxy groups -OCH3 is 2. The van der Waals surface area contributed by atoms with E-state index in [-0.39, 0.29) is 18.6 Å². The number of carbonyl (C=O) groups excluding carboxylic acids is 2. The number of Topliss-reactive ketones (excluding diaryl/α,β-unsaturated/α-hetero) is 1. The number of aliphatic carboxylic acids is 1. The molecule has 0 aliphatic rings. The molecule has 0 radical (unpaired) electrons. The second kappa shape index (κ2) is 10.8. The largest absolute Gasteiger partial charge is 0.497 e. The highest BCUT2D eigenvalue weighted by Gasteiger charge is 2.27. The Hall–Kier alpha value is -3.35. The molecule has 2 rings (SSSR count). The Morgan fingerprint density at radius 3 is 2.03 bits per heavy atom. The number of carboxylic acid groups (broad SMARTS) is 1. The van der Waals surface area contributed by atoms with E-state index >= 15 is 0 Å². The summed E-state index contributed by atoms with van der Waals surface area (Å²) in [5.74, 6) is -0.948. The van der Waals surface area contributed by atoms with Crippen LogP contribution in [0.25, 0.3) is 0 Å². The van der Waals surface area contributed by atoms with E-state index in [0.717, 1.165) is 0 Å². The topological polar surface area (TPSA) is 99.1 Å². The number of hydrogen-bond donors (Lipinski definition) is 1. The van der Waals surface area contributed by atoms with E-state index in [0.29, 0.717) is 35.5 Å². The summed E-state index contributed by atoms with van der Waals surface area (Å²) in [4.78, 5) is 36.0. The summed E-state index contributed by atoms with van der Waals surface area (Å²) < 4.78 is 16.0. The molecule has 0 aromatic heterocycles. The van der Waals surface area contributed by atoms with Gasteiger partial charge in [-0.05, 0) is 25.0 Å². The Labute approximate surface area is 169 Å². The average molecular weight is 400 g/mol. The highest BCUT2D eigenvalue weighted by Crippen LogP contribution is 2.31. The molecule has 7 heteroatoms. The highest BCUT2D eigenvalue weighted by atomic mass is 16.5. The number of carboxylic acids is 1. The van der Waals surface area contributed by atoms with Crippen LogP contribution in [0.2, 0.25) is 0 Å². The molecular weight excluding hydrogens is 376 g/mol. The molecule has 1 N–H and O–H groups in total. The number of unbranched alkanes of at least 4 members (excludes halogenated alkanes) is 1. The molecule has 0 amide bonds. The van der Waals surface area contributed by atoms with Gasteiger partial charge in [0.25, 0.3) is 0 Å². The van der Waals surface area contributed by atoms with Gasteiger partial charge in [0, 0.05) is 30.0 Å². The number of carbonyl (C=O) groups is 3. The summed E-state index contributed by atoms with van der Waals surface area (Å²) >= 11 is 0. The van der Waals surface area contributed by atoms with Gasteiger partial charge >= 0.3 is 11.9 Å². The van der Waals surface area contributed by atoms with Crippen LogP contribution in [0.15, 0.2) is 48.5 Å². The lowest BCUT2D eigenvalue weighted by Crippen LogP contribution is -2.20. The molecule has 0 heterocycles. The first-order valence-corrected chi connectivity index (χ1v) is 9.18. The van der Waals surface area contributed by atoms with Gasteiger partial charge in [0.05, 0.1) is 14.2 Å². The minimum atomic E-state index is -1.17. The predicted octanol–water partition coefficient (Wildman–Crippen LogP) is 3.82. The van der Waals surface area contributed by atoms with Crippen molar-refractivity contribution in [2.75, 3.05) is 14.2 Å². The van der Waals surface area contributed by atoms with Crippen molar-refractivity contribution in [1.29, 1.82) is 0 Å². The maximum atomic E-state index is 13.1. The van der Waals surface area contributed by atoms with E-state index < -0.39 is 18.0 Å². The second-order valence-electron chi connectivity index (χ2n) is 6.35. The molecule has 0 saturated heterocycles. The van der Waals surface area contributed by atoms with Gasteiger partial charge < -0.3 is 19.3 Å². The third-order valence-corrected chi connectivity index (χ3v) is 4.24.